The van der Waals surface area contributed by atoms with Crippen LogP contribution in [0.3, 0.4) is 0 Å². The van der Waals surface area contributed by atoms with Gasteiger partial charge in [-0.05, 0) is 54.8 Å². The topological polar surface area (TPSA) is 77.8 Å². The van der Waals surface area contributed by atoms with Gasteiger partial charge >= 0.3 is 0 Å². The molecule has 0 bridgehead atoms. The van der Waals surface area contributed by atoms with E-state index in [1.54, 1.807) is 19.9 Å². The molecule has 0 aromatic heterocycles. The van der Waals surface area contributed by atoms with Crippen molar-refractivity contribution in [1.82, 2.24) is 0 Å². The lowest BCUT2D eigenvalue weighted by atomic mass is 9.91. The van der Waals surface area contributed by atoms with Crippen LogP contribution in [0, 0.1) is 19.8 Å². The second kappa shape index (κ2) is 7.32. The molecule has 0 radical (unpaired) electrons. The van der Waals surface area contributed by atoms with E-state index in [4.69, 9.17) is 11.6 Å². The summed E-state index contributed by atoms with van der Waals surface area (Å²) in [5, 5.41) is 20.5. The van der Waals surface area contributed by atoms with E-state index in [9.17, 15) is 19.8 Å². The van der Waals surface area contributed by atoms with Crippen molar-refractivity contribution in [2.75, 3.05) is 4.90 Å². The molecule has 3 rings (SSSR count). The fraction of sp³-hybridized carbons (Fsp3) is 0.273. The highest BCUT2D eigenvalue weighted by atomic mass is 35.5. The smallest absolute Gasteiger partial charge is 0.294 e. The minimum Gasteiger partial charge on any atom is -0.506 e. The van der Waals surface area contributed by atoms with Crippen LogP contribution in [0.4, 0.5) is 5.69 Å². The van der Waals surface area contributed by atoms with Gasteiger partial charge in [0, 0.05) is 11.6 Å². The number of halogens is 1. The van der Waals surface area contributed by atoms with Crippen molar-refractivity contribution in [2.45, 2.75) is 33.7 Å². The average Bonchev–Trinajstić information content (AvgIpc) is 2.87. The number of hydrogen-bond donors (Lipinski definition) is 2. The Morgan fingerprint density at radius 3 is 2.21 bits per heavy atom. The van der Waals surface area contributed by atoms with Crippen molar-refractivity contribution in [1.29, 1.82) is 0 Å². The molecule has 1 aliphatic heterocycles. The summed E-state index contributed by atoms with van der Waals surface area (Å²) in [7, 11) is 0. The predicted octanol–water partition coefficient (Wildman–Crippen LogP) is 4.79. The maximum absolute atomic E-state index is 13.0. The summed E-state index contributed by atoms with van der Waals surface area (Å²) in [5.74, 6) is -2.00. The lowest BCUT2D eigenvalue weighted by Crippen LogP contribution is -2.31. The van der Waals surface area contributed by atoms with E-state index in [2.05, 4.69) is 0 Å². The quantitative estimate of drug-likeness (QED) is 0.774. The van der Waals surface area contributed by atoms with Crippen LogP contribution in [-0.4, -0.2) is 21.9 Å². The molecule has 1 heterocycles. The van der Waals surface area contributed by atoms with Gasteiger partial charge < -0.3 is 10.2 Å². The summed E-state index contributed by atoms with van der Waals surface area (Å²) in [6.45, 7) is 7.26. The molecule has 1 atom stereocenters. The normalized spacial score (nSPS) is 17.0. The largest absolute Gasteiger partial charge is 0.506 e. The van der Waals surface area contributed by atoms with Gasteiger partial charge in [-0.1, -0.05) is 37.6 Å². The van der Waals surface area contributed by atoms with Crippen molar-refractivity contribution in [3.63, 3.8) is 0 Å². The van der Waals surface area contributed by atoms with Gasteiger partial charge in [0.15, 0.2) is 11.5 Å². The number of hydrogen-bond acceptors (Lipinski definition) is 4. The third-order valence-corrected chi connectivity index (χ3v) is 5.07. The van der Waals surface area contributed by atoms with Crippen LogP contribution in [0.25, 0.3) is 0 Å². The number of rotatable bonds is 4. The van der Waals surface area contributed by atoms with E-state index in [0.29, 0.717) is 11.3 Å². The van der Waals surface area contributed by atoms with Gasteiger partial charge in [0.2, 0.25) is 0 Å². The lowest BCUT2D eigenvalue weighted by Gasteiger charge is -2.28. The Bertz CT molecular complexity index is 989. The number of nitrogens with zero attached hydrogens (tertiary/aromatic N) is 1. The molecule has 1 amide bonds. The number of aromatic hydroxyl groups is 1. The van der Waals surface area contributed by atoms with Crippen molar-refractivity contribution in [2.24, 2.45) is 5.92 Å². The first-order chi connectivity index (χ1) is 13.1. The van der Waals surface area contributed by atoms with Crippen molar-refractivity contribution >= 4 is 29.0 Å². The van der Waals surface area contributed by atoms with E-state index in [1.165, 1.54) is 17.0 Å². The van der Waals surface area contributed by atoms with Crippen molar-refractivity contribution in [3.8, 4) is 5.75 Å². The summed E-state index contributed by atoms with van der Waals surface area (Å²) < 4.78 is 0. The molecule has 0 aliphatic carbocycles. The Morgan fingerprint density at radius 2 is 1.68 bits per heavy atom. The molecular weight excluding hydrogens is 378 g/mol. The van der Waals surface area contributed by atoms with Crippen LogP contribution in [0.1, 0.15) is 36.6 Å². The van der Waals surface area contributed by atoms with Crippen LogP contribution in [-0.2, 0) is 9.59 Å². The molecule has 0 spiro atoms. The first kappa shape index (κ1) is 20.0. The maximum Gasteiger partial charge on any atom is 0.294 e. The van der Waals surface area contributed by atoms with Gasteiger partial charge in [0.1, 0.15) is 5.75 Å². The first-order valence-electron chi connectivity index (χ1n) is 8.99. The van der Waals surface area contributed by atoms with Gasteiger partial charge in [-0.25, -0.2) is 0 Å². The Morgan fingerprint density at radius 1 is 1.07 bits per heavy atom. The Hall–Kier alpha value is -2.79. The minimum absolute atomic E-state index is 0.0425. The summed E-state index contributed by atoms with van der Waals surface area (Å²) in [6, 6.07) is 9.32. The van der Waals surface area contributed by atoms with Gasteiger partial charge in [-0.2, -0.15) is 0 Å². The lowest BCUT2D eigenvalue weighted by molar-refractivity contribution is -0.119. The highest BCUT2D eigenvalue weighted by molar-refractivity contribution is 6.32. The number of aryl methyl sites for hydroxylation is 2. The molecule has 0 saturated heterocycles. The number of phenolic OH excluding ortho intramolecular Hbond substituents is 1. The summed E-state index contributed by atoms with van der Waals surface area (Å²) in [6.07, 6.45) is 0. The van der Waals surface area contributed by atoms with E-state index in [-0.39, 0.29) is 22.1 Å². The third-order valence-electron chi connectivity index (χ3n) is 4.77. The van der Waals surface area contributed by atoms with E-state index < -0.39 is 23.6 Å². The van der Waals surface area contributed by atoms with E-state index in [0.717, 1.165) is 11.1 Å². The number of ketones is 1. The molecule has 5 nitrogen and oxygen atoms in total. The van der Waals surface area contributed by atoms with Crippen LogP contribution < -0.4 is 4.90 Å². The number of phenols is 1. The molecular formula is C22H22ClNO4. The Labute approximate surface area is 168 Å². The zero-order valence-electron chi connectivity index (χ0n) is 16.2. The zero-order valence-corrected chi connectivity index (χ0v) is 16.9. The highest BCUT2D eigenvalue weighted by Gasteiger charge is 2.45. The number of carbonyl (C=O) groups excluding carboxylic acids is 2. The number of aliphatic hydroxyl groups excluding tert-OH is 1. The molecule has 0 fully saturated rings. The molecule has 28 heavy (non-hydrogen) atoms. The molecule has 0 saturated carbocycles. The van der Waals surface area contributed by atoms with Crippen LogP contribution >= 0.6 is 11.6 Å². The second-order valence-corrected chi connectivity index (χ2v) is 7.82. The van der Waals surface area contributed by atoms with Crippen LogP contribution in [0.2, 0.25) is 5.02 Å². The van der Waals surface area contributed by atoms with Crippen molar-refractivity contribution < 1.29 is 19.8 Å². The standard InChI is InChI=1S/C22H22ClNO4/c1-11(2)20(26)18-19(14-5-6-17(25)16(23)10-14)24(22(28)21(18)27)15-8-12(3)7-13(4)9-15/h5-11,19,25,27H,1-4H3. The molecule has 6 heteroatoms. The van der Waals surface area contributed by atoms with Crippen molar-refractivity contribution in [3.05, 3.63) is 69.4 Å². The minimum atomic E-state index is -0.832. The molecule has 146 valence electrons. The highest BCUT2D eigenvalue weighted by Crippen LogP contribution is 2.43. The third kappa shape index (κ3) is 3.38. The molecule has 2 N–H and O–H groups in total. The Kier molecular flexibility index (Phi) is 5.22. The van der Waals surface area contributed by atoms with Gasteiger partial charge in [-0.3, -0.25) is 14.5 Å². The number of aliphatic hydroxyl groups is 1. The van der Waals surface area contributed by atoms with Crippen LogP contribution in [0.5, 0.6) is 5.75 Å². The van der Waals surface area contributed by atoms with Crippen LogP contribution in [0.15, 0.2) is 47.7 Å². The number of Topliss-reactive ketones (excluding diaryl/α,β-unsaturated/α-hetero) is 1. The molecule has 2 aromatic rings. The number of amides is 1. The number of benzene rings is 2. The second-order valence-electron chi connectivity index (χ2n) is 7.42. The fourth-order valence-electron chi connectivity index (χ4n) is 3.53. The van der Waals surface area contributed by atoms with E-state index in [1.807, 2.05) is 32.0 Å². The predicted molar refractivity (Wildman–Crippen MR) is 109 cm³/mol. The summed E-state index contributed by atoms with van der Waals surface area (Å²) >= 11 is 6.08. The Balaban J connectivity index is 2.24. The number of carbonyl (C=O) groups is 2. The first-order valence-corrected chi connectivity index (χ1v) is 9.37. The van der Waals surface area contributed by atoms with Gasteiger partial charge in [0.25, 0.3) is 5.91 Å². The average molecular weight is 400 g/mol. The monoisotopic (exact) mass is 399 g/mol. The van der Waals surface area contributed by atoms with E-state index >= 15 is 0 Å². The SMILES string of the molecule is Cc1cc(C)cc(N2C(=O)C(O)=C(C(=O)C(C)C)C2c2ccc(O)c(Cl)c2)c1. The molecule has 1 unspecified atom stereocenters. The number of anilines is 1. The molecule has 2 aromatic carbocycles. The maximum atomic E-state index is 13.0. The zero-order chi connectivity index (χ0) is 20.7. The van der Waals surface area contributed by atoms with Gasteiger partial charge in [-0.15, -0.1) is 0 Å². The summed E-state index contributed by atoms with van der Waals surface area (Å²) in [4.78, 5) is 27.3. The van der Waals surface area contributed by atoms with Gasteiger partial charge in [0.05, 0.1) is 16.6 Å². The molecule has 1 aliphatic rings. The summed E-state index contributed by atoms with van der Waals surface area (Å²) in [5.41, 5.74) is 3.06. The fourth-order valence-corrected chi connectivity index (χ4v) is 3.72.